The number of anilines is 1. The molecular weight excluding hydrogens is 356 g/mol. The molecule has 130 valence electrons. The fourth-order valence-electron chi connectivity index (χ4n) is 2.67. The van der Waals surface area contributed by atoms with Crippen LogP contribution in [0, 0.1) is 13.8 Å². The SMILES string of the molecule is Cc1nn(C)c(C)c1CC(=O)Nc1ncc(Cc2ccccc2Cl)s1. The van der Waals surface area contributed by atoms with Crippen molar-refractivity contribution in [2.45, 2.75) is 26.7 Å². The number of nitrogens with one attached hydrogen (secondary N) is 1. The number of nitrogens with zero attached hydrogens (tertiary/aromatic N) is 3. The number of halogens is 1. The van der Waals surface area contributed by atoms with Gasteiger partial charge >= 0.3 is 0 Å². The Morgan fingerprint density at radius 3 is 2.76 bits per heavy atom. The lowest BCUT2D eigenvalue weighted by Gasteiger charge is -2.03. The third-order valence-corrected chi connectivity index (χ3v) is 5.40. The van der Waals surface area contributed by atoms with Crippen LogP contribution in [0.1, 0.15) is 27.4 Å². The number of aromatic nitrogens is 3. The molecule has 0 aliphatic rings. The molecule has 0 bridgehead atoms. The van der Waals surface area contributed by atoms with Crippen molar-refractivity contribution < 1.29 is 4.79 Å². The maximum absolute atomic E-state index is 12.3. The first-order chi connectivity index (χ1) is 11.9. The van der Waals surface area contributed by atoms with Crippen molar-refractivity contribution >= 4 is 34.0 Å². The second-order valence-corrected chi connectivity index (χ2v) is 7.42. The number of carbonyl (C=O) groups excluding carboxylic acids is 1. The van der Waals surface area contributed by atoms with Gasteiger partial charge in [0.2, 0.25) is 5.91 Å². The van der Waals surface area contributed by atoms with E-state index in [1.807, 2.05) is 45.2 Å². The van der Waals surface area contributed by atoms with Crippen LogP contribution in [0.4, 0.5) is 5.13 Å². The Morgan fingerprint density at radius 1 is 1.32 bits per heavy atom. The highest BCUT2D eigenvalue weighted by atomic mass is 35.5. The van der Waals surface area contributed by atoms with Crippen molar-refractivity contribution in [3.05, 3.63) is 62.9 Å². The van der Waals surface area contributed by atoms with Crippen LogP contribution in [0.15, 0.2) is 30.5 Å². The monoisotopic (exact) mass is 374 g/mol. The minimum atomic E-state index is -0.0853. The summed E-state index contributed by atoms with van der Waals surface area (Å²) in [5.41, 5.74) is 3.90. The molecule has 2 heterocycles. The fraction of sp³-hybridized carbons (Fsp3) is 0.278. The van der Waals surface area contributed by atoms with Crippen molar-refractivity contribution in [3.63, 3.8) is 0 Å². The maximum Gasteiger partial charge on any atom is 0.230 e. The smallest absolute Gasteiger partial charge is 0.230 e. The summed E-state index contributed by atoms with van der Waals surface area (Å²) in [6, 6.07) is 7.74. The van der Waals surface area contributed by atoms with E-state index in [4.69, 9.17) is 11.6 Å². The summed E-state index contributed by atoms with van der Waals surface area (Å²) in [6.45, 7) is 3.88. The zero-order valence-corrected chi connectivity index (χ0v) is 15.9. The van der Waals surface area contributed by atoms with Crippen LogP contribution in [0.25, 0.3) is 0 Å². The molecule has 0 saturated heterocycles. The summed E-state index contributed by atoms with van der Waals surface area (Å²) < 4.78 is 1.79. The van der Waals surface area contributed by atoms with Crippen LogP contribution in [0.5, 0.6) is 0 Å². The van der Waals surface area contributed by atoms with Crippen LogP contribution in [0.3, 0.4) is 0 Å². The van der Waals surface area contributed by atoms with Gasteiger partial charge in [-0.2, -0.15) is 5.10 Å². The number of thiazole rings is 1. The first-order valence-electron chi connectivity index (χ1n) is 7.91. The quantitative estimate of drug-likeness (QED) is 0.736. The summed E-state index contributed by atoms with van der Waals surface area (Å²) in [4.78, 5) is 17.7. The Hall–Kier alpha value is -2.18. The van der Waals surface area contributed by atoms with E-state index >= 15 is 0 Å². The van der Waals surface area contributed by atoms with Gasteiger partial charge < -0.3 is 5.32 Å². The first kappa shape index (κ1) is 17.6. The molecular formula is C18H19ClN4OS. The summed E-state index contributed by atoms with van der Waals surface area (Å²) in [7, 11) is 1.88. The van der Waals surface area contributed by atoms with Gasteiger partial charge in [-0.3, -0.25) is 9.48 Å². The third kappa shape index (κ3) is 4.08. The molecule has 7 heteroatoms. The molecule has 25 heavy (non-hydrogen) atoms. The van der Waals surface area contributed by atoms with Gasteiger partial charge in [0, 0.05) is 40.8 Å². The van der Waals surface area contributed by atoms with E-state index in [-0.39, 0.29) is 5.91 Å². The lowest BCUT2D eigenvalue weighted by molar-refractivity contribution is -0.115. The fourth-order valence-corrected chi connectivity index (χ4v) is 3.73. The van der Waals surface area contributed by atoms with Crippen LogP contribution in [-0.2, 0) is 24.7 Å². The number of carbonyl (C=O) groups is 1. The molecule has 2 aromatic heterocycles. The summed E-state index contributed by atoms with van der Waals surface area (Å²) in [5, 5.41) is 8.56. The minimum Gasteiger partial charge on any atom is -0.302 e. The average molecular weight is 375 g/mol. The lowest BCUT2D eigenvalue weighted by atomic mass is 10.1. The Labute approximate surface area is 155 Å². The molecule has 1 aromatic carbocycles. The molecule has 1 amide bonds. The van der Waals surface area contributed by atoms with Gasteiger partial charge in [0.05, 0.1) is 12.1 Å². The van der Waals surface area contributed by atoms with Crippen molar-refractivity contribution in [2.24, 2.45) is 7.05 Å². The molecule has 0 fully saturated rings. The van der Waals surface area contributed by atoms with Gasteiger partial charge in [-0.1, -0.05) is 29.8 Å². The highest BCUT2D eigenvalue weighted by Crippen LogP contribution is 2.25. The summed E-state index contributed by atoms with van der Waals surface area (Å²) in [6.07, 6.45) is 2.78. The van der Waals surface area contributed by atoms with E-state index in [0.29, 0.717) is 18.0 Å². The normalized spacial score (nSPS) is 10.9. The molecule has 0 aliphatic heterocycles. The number of hydrogen-bond acceptors (Lipinski definition) is 4. The van der Waals surface area contributed by atoms with Crippen molar-refractivity contribution in [1.29, 1.82) is 0 Å². The van der Waals surface area contributed by atoms with E-state index in [9.17, 15) is 4.79 Å². The molecule has 0 unspecified atom stereocenters. The molecule has 0 atom stereocenters. The third-order valence-electron chi connectivity index (χ3n) is 4.12. The lowest BCUT2D eigenvalue weighted by Crippen LogP contribution is -2.15. The van der Waals surface area contributed by atoms with Gasteiger partial charge in [-0.15, -0.1) is 11.3 Å². The van der Waals surface area contributed by atoms with E-state index in [1.54, 1.807) is 10.9 Å². The van der Waals surface area contributed by atoms with Crippen LogP contribution in [0.2, 0.25) is 5.02 Å². The number of rotatable bonds is 5. The van der Waals surface area contributed by atoms with Crippen LogP contribution >= 0.6 is 22.9 Å². The number of aryl methyl sites for hydroxylation is 2. The van der Waals surface area contributed by atoms with E-state index in [0.717, 1.165) is 32.4 Å². The van der Waals surface area contributed by atoms with E-state index in [2.05, 4.69) is 15.4 Å². The average Bonchev–Trinajstić information content (AvgIpc) is 3.09. The molecule has 1 N–H and O–H groups in total. The highest BCUT2D eigenvalue weighted by molar-refractivity contribution is 7.15. The van der Waals surface area contributed by atoms with Crippen molar-refractivity contribution in [3.8, 4) is 0 Å². The molecule has 0 aliphatic carbocycles. The van der Waals surface area contributed by atoms with E-state index < -0.39 is 0 Å². The second-order valence-electron chi connectivity index (χ2n) is 5.90. The molecule has 5 nitrogen and oxygen atoms in total. The van der Waals surface area contributed by atoms with Gasteiger partial charge in [-0.05, 0) is 25.5 Å². The molecule has 0 spiro atoms. The van der Waals surface area contributed by atoms with E-state index in [1.165, 1.54) is 11.3 Å². The Bertz CT molecular complexity index is 916. The Morgan fingerprint density at radius 2 is 2.08 bits per heavy atom. The zero-order valence-electron chi connectivity index (χ0n) is 14.3. The number of benzene rings is 1. The van der Waals surface area contributed by atoms with Crippen molar-refractivity contribution in [1.82, 2.24) is 14.8 Å². The molecule has 3 aromatic rings. The van der Waals surface area contributed by atoms with Crippen molar-refractivity contribution in [2.75, 3.05) is 5.32 Å². The number of hydrogen-bond donors (Lipinski definition) is 1. The molecule has 0 saturated carbocycles. The van der Waals surface area contributed by atoms with Gasteiger partial charge in [0.25, 0.3) is 0 Å². The van der Waals surface area contributed by atoms with Gasteiger partial charge in [-0.25, -0.2) is 4.98 Å². The predicted molar refractivity (Wildman–Crippen MR) is 101 cm³/mol. The Kier molecular flexibility index (Phi) is 5.20. The number of amides is 1. The summed E-state index contributed by atoms with van der Waals surface area (Å²) >= 11 is 7.66. The van der Waals surface area contributed by atoms with Crippen LogP contribution in [-0.4, -0.2) is 20.7 Å². The second kappa shape index (κ2) is 7.37. The minimum absolute atomic E-state index is 0.0853. The Balaban J connectivity index is 1.65. The molecule has 0 radical (unpaired) electrons. The standard InChI is InChI=1S/C18H19ClN4OS/c1-11-15(12(2)23(3)22-11)9-17(24)21-18-20-10-14(25-18)8-13-6-4-5-7-16(13)19/h4-7,10H,8-9H2,1-3H3,(H,20,21,24). The zero-order chi connectivity index (χ0) is 18.0. The predicted octanol–water partition coefficient (Wildman–Crippen LogP) is 3.92. The summed E-state index contributed by atoms with van der Waals surface area (Å²) in [5.74, 6) is -0.0853. The topological polar surface area (TPSA) is 59.8 Å². The largest absolute Gasteiger partial charge is 0.302 e. The van der Waals surface area contributed by atoms with Crippen LogP contribution < -0.4 is 5.32 Å². The van der Waals surface area contributed by atoms with Gasteiger partial charge in [0.1, 0.15) is 0 Å². The first-order valence-corrected chi connectivity index (χ1v) is 9.10. The molecule has 3 rings (SSSR count). The maximum atomic E-state index is 12.3. The van der Waals surface area contributed by atoms with Gasteiger partial charge in [0.15, 0.2) is 5.13 Å². The highest BCUT2D eigenvalue weighted by Gasteiger charge is 2.15.